The summed E-state index contributed by atoms with van der Waals surface area (Å²) in [5.41, 5.74) is 0.810. The molecule has 0 aromatic heterocycles. The van der Waals surface area contributed by atoms with E-state index in [-0.39, 0.29) is 23.3 Å². The van der Waals surface area contributed by atoms with E-state index in [0.717, 1.165) is 37.5 Å². The molecule has 0 heterocycles. The maximum Gasteiger partial charge on any atom is 0.123 e. The molecule has 0 bridgehead atoms. The third kappa shape index (κ3) is 2.18. The zero-order valence-electron chi connectivity index (χ0n) is 9.10. The molecule has 1 aliphatic rings. The summed E-state index contributed by atoms with van der Waals surface area (Å²) >= 11 is 0. The van der Waals surface area contributed by atoms with Gasteiger partial charge in [0.1, 0.15) is 17.8 Å². The second-order valence-corrected chi connectivity index (χ2v) is 4.49. The molecule has 0 amide bonds. The molecule has 86 valence electrons. The molecule has 3 nitrogen and oxygen atoms in total. The van der Waals surface area contributed by atoms with Crippen molar-refractivity contribution in [3.8, 4) is 11.5 Å². The summed E-state index contributed by atoms with van der Waals surface area (Å²) in [6.45, 7) is 0. The van der Waals surface area contributed by atoms with Crippen LogP contribution in [0.4, 0.5) is 0 Å². The molecule has 1 aromatic carbocycles. The van der Waals surface area contributed by atoms with Crippen molar-refractivity contribution in [2.75, 3.05) is 0 Å². The Morgan fingerprint density at radius 3 is 2.44 bits per heavy atom. The van der Waals surface area contributed by atoms with Crippen molar-refractivity contribution >= 4 is 6.29 Å². The fourth-order valence-electron chi connectivity index (χ4n) is 2.44. The molecule has 2 rings (SSSR count). The highest BCUT2D eigenvalue weighted by molar-refractivity contribution is 5.53. The molecule has 0 radical (unpaired) electrons. The van der Waals surface area contributed by atoms with Crippen molar-refractivity contribution in [2.24, 2.45) is 5.92 Å². The van der Waals surface area contributed by atoms with Crippen LogP contribution in [0, 0.1) is 5.92 Å². The number of phenols is 2. The maximum atomic E-state index is 10.6. The molecule has 16 heavy (non-hydrogen) atoms. The van der Waals surface area contributed by atoms with Crippen molar-refractivity contribution in [1.29, 1.82) is 0 Å². The maximum absolute atomic E-state index is 10.6. The van der Waals surface area contributed by atoms with Gasteiger partial charge in [0.25, 0.3) is 0 Å². The molecule has 1 aromatic rings. The Morgan fingerprint density at radius 2 is 1.81 bits per heavy atom. The van der Waals surface area contributed by atoms with Crippen LogP contribution in [0.2, 0.25) is 0 Å². The number of rotatable bonds is 2. The van der Waals surface area contributed by atoms with Crippen LogP contribution in [0.3, 0.4) is 0 Å². The van der Waals surface area contributed by atoms with Crippen LogP contribution < -0.4 is 0 Å². The first kappa shape index (κ1) is 11.0. The van der Waals surface area contributed by atoms with Crippen LogP contribution >= 0.6 is 0 Å². The van der Waals surface area contributed by atoms with E-state index < -0.39 is 0 Å². The van der Waals surface area contributed by atoms with Gasteiger partial charge in [-0.15, -0.1) is 0 Å². The number of benzene rings is 1. The molecular formula is C13H16O3. The highest BCUT2D eigenvalue weighted by Crippen LogP contribution is 2.39. The van der Waals surface area contributed by atoms with E-state index in [9.17, 15) is 15.0 Å². The van der Waals surface area contributed by atoms with Gasteiger partial charge >= 0.3 is 0 Å². The van der Waals surface area contributed by atoms with Crippen molar-refractivity contribution < 1.29 is 15.0 Å². The standard InChI is InChI=1S/C13H16O3/c14-8-9-1-3-10(4-2-9)12-7-11(15)5-6-13(12)16/h5-10,15-16H,1-4H2/t9-,10-. The molecule has 2 N–H and O–H groups in total. The molecule has 1 saturated carbocycles. The summed E-state index contributed by atoms with van der Waals surface area (Å²) in [6.07, 6.45) is 4.59. The lowest BCUT2D eigenvalue weighted by molar-refractivity contribution is -0.111. The number of aromatic hydroxyl groups is 2. The third-order valence-corrected chi connectivity index (χ3v) is 3.42. The Labute approximate surface area is 94.7 Å². The number of carbonyl (C=O) groups excluding carboxylic acids is 1. The van der Waals surface area contributed by atoms with Crippen molar-refractivity contribution in [2.45, 2.75) is 31.6 Å². The molecule has 0 aliphatic heterocycles. The normalized spacial score (nSPS) is 25.2. The lowest BCUT2D eigenvalue weighted by Crippen LogP contribution is -2.14. The van der Waals surface area contributed by atoms with E-state index in [2.05, 4.69) is 0 Å². The van der Waals surface area contributed by atoms with Crippen LogP contribution in [0.25, 0.3) is 0 Å². The average molecular weight is 220 g/mol. The fourth-order valence-corrected chi connectivity index (χ4v) is 2.44. The molecular weight excluding hydrogens is 204 g/mol. The number of carbonyl (C=O) groups is 1. The number of aldehydes is 1. The van der Waals surface area contributed by atoms with Crippen LogP contribution in [-0.4, -0.2) is 16.5 Å². The van der Waals surface area contributed by atoms with E-state index in [1.165, 1.54) is 12.1 Å². The Bertz CT molecular complexity index is 379. The van der Waals surface area contributed by atoms with Gasteiger partial charge in [-0.1, -0.05) is 0 Å². The second-order valence-electron chi connectivity index (χ2n) is 4.49. The van der Waals surface area contributed by atoms with Gasteiger partial charge < -0.3 is 15.0 Å². The highest BCUT2D eigenvalue weighted by atomic mass is 16.3. The van der Waals surface area contributed by atoms with Gasteiger partial charge in [0, 0.05) is 11.5 Å². The zero-order chi connectivity index (χ0) is 11.5. The minimum Gasteiger partial charge on any atom is -0.508 e. The molecule has 0 spiro atoms. The summed E-state index contributed by atoms with van der Waals surface area (Å²) in [5, 5.41) is 19.1. The smallest absolute Gasteiger partial charge is 0.123 e. The molecule has 0 unspecified atom stereocenters. The predicted molar refractivity (Wildman–Crippen MR) is 60.5 cm³/mol. The Morgan fingerprint density at radius 1 is 1.12 bits per heavy atom. The summed E-state index contributed by atoms with van der Waals surface area (Å²) in [5.74, 6) is 0.872. The largest absolute Gasteiger partial charge is 0.508 e. The third-order valence-electron chi connectivity index (χ3n) is 3.42. The van der Waals surface area contributed by atoms with Crippen LogP contribution in [-0.2, 0) is 4.79 Å². The average Bonchev–Trinajstić information content (AvgIpc) is 2.32. The fraction of sp³-hybridized carbons (Fsp3) is 0.462. The molecule has 0 atom stereocenters. The van der Waals surface area contributed by atoms with E-state index in [1.54, 1.807) is 6.07 Å². The summed E-state index contributed by atoms with van der Waals surface area (Å²) < 4.78 is 0. The number of hydrogen-bond acceptors (Lipinski definition) is 3. The molecule has 0 saturated heterocycles. The van der Waals surface area contributed by atoms with Gasteiger partial charge in [-0.3, -0.25) is 0 Å². The van der Waals surface area contributed by atoms with Crippen molar-refractivity contribution in [1.82, 2.24) is 0 Å². The van der Waals surface area contributed by atoms with Gasteiger partial charge in [0.2, 0.25) is 0 Å². The van der Waals surface area contributed by atoms with Crippen molar-refractivity contribution in [3.63, 3.8) is 0 Å². The Balaban J connectivity index is 2.13. The topological polar surface area (TPSA) is 57.5 Å². The van der Waals surface area contributed by atoms with Crippen LogP contribution in [0.15, 0.2) is 18.2 Å². The summed E-state index contributed by atoms with van der Waals surface area (Å²) in [6, 6.07) is 4.63. The lowest BCUT2D eigenvalue weighted by Gasteiger charge is -2.26. The van der Waals surface area contributed by atoms with Gasteiger partial charge in [-0.25, -0.2) is 0 Å². The number of hydrogen-bond donors (Lipinski definition) is 2. The quantitative estimate of drug-likeness (QED) is 0.595. The lowest BCUT2D eigenvalue weighted by atomic mass is 9.79. The van der Waals surface area contributed by atoms with Gasteiger partial charge in [0.05, 0.1) is 0 Å². The summed E-state index contributed by atoms with van der Waals surface area (Å²) in [4.78, 5) is 10.6. The highest BCUT2D eigenvalue weighted by Gasteiger charge is 2.23. The first-order valence-corrected chi connectivity index (χ1v) is 5.68. The molecule has 3 heteroatoms. The van der Waals surface area contributed by atoms with E-state index in [4.69, 9.17) is 0 Å². The second kappa shape index (κ2) is 4.56. The Hall–Kier alpha value is -1.51. The van der Waals surface area contributed by atoms with Gasteiger partial charge in [-0.2, -0.15) is 0 Å². The predicted octanol–water partition coefficient (Wildman–Crippen LogP) is 2.57. The zero-order valence-corrected chi connectivity index (χ0v) is 9.10. The van der Waals surface area contributed by atoms with Crippen molar-refractivity contribution in [3.05, 3.63) is 23.8 Å². The minimum absolute atomic E-state index is 0.177. The van der Waals surface area contributed by atoms with Gasteiger partial charge in [-0.05, 0) is 49.8 Å². The molecule has 1 aliphatic carbocycles. The van der Waals surface area contributed by atoms with E-state index in [0.29, 0.717) is 0 Å². The van der Waals surface area contributed by atoms with E-state index >= 15 is 0 Å². The van der Waals surface area contributed by atoms with E-state index in [1.807, 2.05) is 0 Å². The molecule has 1 fully saturated rings. The first-order valence-electron chi connectivity index (χ1n) is 5.68. The first-order chi connectivity index (χ1) is 7.70. The minimum atomic E-state index is 0.177. The Kier molecular flexibility index (Phi) is 3.13. The monoisotopic (exact) mass is 220 g/mol. The van der Waals surface area contributed by atoms with Crippen LogP contribution in [0.5, 0.6) is 11.5 Å². The number of phenolic OH excluding ortho intramolecular Hbond substituents is 2. The SMILES string of the molecule is O=C[C@H]1CC[C@H](c2cc(O)ccc2O)CC1. The summed E-state index contributed by atoms with van der Waals surface area (Å²) in [7, 11) is 0. The van der Waals surface area contributed by atoms with Crippen LogP contribution in [0.1, 0.15) is 37.2 Å². The van der Waals surface area contributed by atoms with Gasteiger partial charge in [0.15, 0.2) is 0 Å².